The van der Waals surface area contributed by atoms with Crippen LogP contribution in [-0.4, -0.2) is 101 Å². The van der Waals surface area contributed by atoms with Gasteiger partial charge in [-0.15, -0.1) is 11.8 Å². The molecule has 0 radical (unpaired) electrons. The van der Waals surface area contributed by atoms with E-state index in [9.17, 15) is 28.8 Å². The highest BCUT2D eigenvalue weighted by molar-refractivity contribution is 8.00. The highest BCUT2D eigenvalue weighted by atomic mass is 32.2. The summed E-state index contributed by atoms with van der Waals surface area (Å²) in [5.74, 6) is -4.99. The van der Waals surface area contributed by atoms with Gasteiger partial charge in [0.1, 0.15) is 29.8 Å². The molecule has 0 aromatic carbocycles. The van der Waals surface area contributed by atoms with Crippen molar-refractivity contribution in [1.82, 2.24) is 25.3 Å². The van der Waals surface area contributed by atoms with E-state index in [1.165, 1.54) is 0 Å². The van der Waals surface area contributed by atoms with Crippen molar-refractivity contribution in [2.45, 2.75) is 44.1 Å². The number of oxime groups is 1. The second-order valence-electron chi connectivity index (χ2n) is 8.57. The van der Waals surface area contributed by atoms with Crippen molar-refractivity contribution in [3.63, 3.8) is 0 Å². The minimum Gasteiger partial charge on any atom is -0.480 e. The molecule has 2 amide bonds. The molecule has 0 aliphatic carbocycles. The number of anilines is 1. The number of thioether (sulfide) groups is 1. The third kappa shape index (κ3) is 11.4. The van der Waals surface area contributed by atoms with Crippen LogP contribution >= 0.6 is 31.0 Å². The molecule has 238 valence electrons. The normalized spacial score (nSPS) is 17.4. The highest BCUT2D eigenvalue weighted by Crippen LogP contribution is 2.35. The topological polar surface area (TPSA) is 326 Å². The molecule has 1 aromatic rings. The maximum atomic E-state index is 13.4. The number of rotatable bonds is 15. The SMILES string of the molecule is CCO/N=C(\C(=O)N[C@H](C(=O)NC(N)=NCCC[C@@H](N)C(=O)O)[C@@H]1NC(C(=O)O)=C(C)CS1)c1nsc(NP(=O)(O)O)n1. The third-order valence-corrected chi connectivity index (χ3v) is 7.82. The molecule has 2 heterocycles. The Bertz CT molecular complexity index is 1350. The number of nitrogens with zero attached hydrogens (tertiary/aromatic N) is 4. The molecule has 0 spiro atoms. The number of aromatic nitrogens is 2. The standard InChI is InChI=1S/C20H31N10O10PS2/c1-3-40-28-11(13-26-20(43-30-13)29-41(37,38)39)14(31)24-12(16-25-10(18(35)36)8(2)7-42-16)15(32)27-19(22)23-6-4-5-9(21)17(33)34/h9,12,16,25H,3-7,21H2,1-2H3,(H,24,31)(H,33,34)(H,35,36)(H3,22,23,27,32)(H3,26,29,30,37,38,39)/b28-11-/t9-,12-,16-/m1/s1. The van der Waals surface area contributed by atoms with Gasteiger partial charge in [0.2, 0.25) is 16.7 Å². The van der Waals surface area contributed by atoms with Crippen molar-refractivity contribution in [2.24, 2.45) is 21.6 Å². The zero-order valence-corrected chi connectivity index (χ0v) is 25.2. The monoisotopic (exact) mass is 666 g/mol. The molecule has 0 bridgehead atoms. The molecule has 1 aliphatic heterocycles. The van der Waals surface area contributed by atoms with Crippen LogP contribution < -0.4 is 32.5 Å². The lowest BCUT2D eigenvalue weighted by molar-refractivity contribution is -0.138. The quantitative estimate of drug-likeness (QED) is 0.0315. The number of nitrogens with two attached hydrogens (primary N) is 2. The second-order valence-corrected chi connectivity index (χ2v) is 11.8. The molecule has 23 heteroatoms. The molecule has 43 heavy (non-hydrogen) atoms. The van der Waals surface area contributed by atoms with E-state index in [-0.39, 0.29) is 48.5 Å². The summed E-state index contributed by atoms with van der Waals surface area (Å²) in [6.07, 6.45) is 0.343. The lowest BCUT2D eigenvalue weighted by atomic mass is 10.2. The Morgan fingerprint density at radius 1 is 1.28 bits per heavy atom. The van der Waals surface area contributed by atoms with Gasteiger partial charge >= 0.3 is 19.7 Å². The molecule has 1 aromatic heterocycles. The van der Waals surface area contributed by atoms with E-state index in [4.69, 9.17) is 31.2 Å². The lowest BCUT2D eigenvalue weighted by Gasteiger charge is -2.32. The van der Waals surface area contributed by atoms with Crippen molar-refractivity contribution in [2.75, 3.05) is 24.0 Å². The van der Waals surface area contributed by atoms with Crippen LogP contribution in [0.25, 0.3) is 0 Å². The van der Waals surface area contributed by atoms with Crippen LogP contribution in [0.4, 0.5) is 5.13 Å². The van der Waals surface area contributed by atoms with Gasteiger partial charge in [0, 0.05) is 23.8 Å². The first-order valence-corrected chi connectivity index (χ1v) is 15.6. The molecular weight excluding hydrogens is 635 g/mol. The van der Waals surface area contributed by atoms with Crippen LogP contribution in [0.3, 0.4) is 0 Å². The van der Waals surface area contributed by atoms with Crippen molar-refractivity contribution in [3.05, 3.63) is 17.1 Å². The minimum absolute atomic E-state index is 0.00879. The fraction of sp³-hybridized carbons (Fsp3) is 0.500. The van der Waals surface area contributed by atoms with Crippen molar-refractivity contribution < 1.29 is 48.6 Å². The first-order chi connectivity index (χ1) is 20.1. The predicted molar refractivity (Wildman–Crippen MR) is 155 cm³/mol. The minimum atomic E-state index is -4.74. The third-order valence-electron chi connectivity index (χ3n) is 5.18. The summed E-state index contributed by atoms with van der Waals surface area (Å²) in [6.45, 7) is 3.18. The van der Waals surface area contributed by atoms with Crippen molar-refractivity contribution in [1.29, 1.82) is 0 Å². The summed E-state index contributed by atoms with van der Waals surface area (Å²) >= 11 is 1.62. The van der Waals surface area contributed by atoms with Gasteiger partial charge in [-0.2, -0.15) is 9.36 Å². The average Bonchev–Trinajstić information content (AvgIpc) is 3.36. The molecular formula is C20H31N10O10PS2. The van der Waals surface area contributed by atoms with Gasteiger partial charge in [0.25, 0.3) is 11.8 Å². The lowest BCUT2D eigenvalue weighted by Crippen LogP contribution is -2.60. The zero-order chi connectivity index (χ0) is 32.3. The van der Waals surface area contributed by atoms with Gasteiger partial charge in [-0.3, -0.25) is 29.8 Å². The van der Waals surface area contributed by atoms with E-state index in [1.807, 2.05) is 5.09 Å². The summed E-state index contributed by atoms with van der Waals surface area (Å²) in [4.78, 5) is 80.2. The molecule has 3 atom stereocenters. The zero-order valence-electron chi connectivity index (χ0n) is 22.7. The number of carbonyl (C=O) groups is 4. The molecule has 0 saturated heterocycles. The van der Waals surface area contributed by atoms with Gasteiger partial charge in [0.05, 0.1) is 0 Å². The Morgan fingerprint density at radius 2 is 1.98 bits per heavy atom. The number of hydrogen-bond donors (Lipinski definition) is 10. The van der Waals surface area contributed by atoms with Gasteiger partial charge in [-0.1, -0.05) is 5.16 Å². The maximum Gasteiger partial charge on any atom is 0.429 e. The summed E-state index contributed by atoms with van der Waals surface area (Å²) < 4.78 is 15.1. The summed E-state index contributed by atoms with van der Waals surface area (Å²) in [5.41, 5.74) is 11.0. The van der Waals surface area contributed by atoms with Gasteiger partial charge in [0.15, 0.2) is 5.96 Å². The Kier molecular flexibility index (Phi) is 13.3. The van der Waals surface area contributed by atoms with Crippen LogP contribution in [0.15, 0.2) is 21.4 Å². The summed E-state index contributed by atoms with van der Waals surface area (Å²) in [5, 5.41) is 30.0. The molecule has 0 fully saturated rings. The van der Waals surface area contributed by atoms with E-state index >= 15 is 0 Å². The first-order valence-electron chi connectivity index (χ1n) is 12.2. The summed E-state index contributed by atoms with van der Waals surface area (Å²) in [6, 6.07) is -2.60. The van der Waals surface area contributed by atoms with Crippen LogP contribution in [0.1, 0.15) is 32.5 Å². The Balaban J connectivity index is 2.32. The molecule has 12 N–H and O–H groups in total. The Morgan fingerprint density at radius 3 is 2.58 bits per heavy atom. The number of nitrogens with one attached hydrogen (secondary N) is 4. The number of hydrogen-bond acceptors (Lipinski definition) is 14. The van der Waals surface area contributed by atoms with Gasteiger partial charge in [-0.25, -0.2) is 9.36 Å². The number of amides is 2. The number of carbonyl (C=O) groups excluding carboxylic acids is 2. The van der Waals surface area contributed by atoms with E-state index in [2.05, 4.69) is 35.5 Å². The number of aliphatic imine (C=N–C) groups is 1. The Labute approximate surface area is 252 Å². The van der Waals surface area contributed by atoms with Gasteiger partial charge in [-0.05, 0) is 32.3 Å². The number of carboxylic acids is 2. The number of carboxylic acid groups (broad SMARTS) is 2. The highest BCUT2D eigenvalue weighted by Gasteiger charge is 2.37. The van der Waals surface area contributed by atoms with E-state index < -0.39 is 60.5 Å². The molecule has 0 unspecified atom stereocenters. The fourth-order valence-corrected chi connectivity index (χ4v) is 5.59. The molecule has 2 rings (SSSR count). The van der Waals surface area contributed by atoms with Crippen LogP contribution in [0, 0.1) is 0 Å². The van der Waals surface area contributed by atoms with E-state index in [1.54, 1.807) is 13.8 Å². The van der Waals surface area contributed by atoms with Crippen molar-refractivity contribution >= 4 is 71.6 Å². The van der Waals surface area contributed by atoms with E-state index in [0.717, 1.165) is 11.8 Å². The number of aliphatic carboxylic acids is 2. The molecule has 1 aliphatic rings. The smallest absolute Gasteiger partial charge is 0.429 e. The maximum absolute atomic E-state index is 13.4. The van der Waals surface area contributed by atoms with E-state index in [0.29, 0.717) is 17.1 Å². The molecule has 0 saturated carbocycles. The number of guanidine groups is 1. The first kappa shape index (κ1) is 35.4. The largest absolute Gasteiger partial charge is 0.480 e. The second kappa shape index (κ2) is 16.1. The van der Waals surface area contributed by atoms with Crippen LogP contribution in [0.5, 0.6) is 0 Å². The Hall–Kier alpha value is -3.82. The average molecular weight is 667 g/mol. The summed E-state index contributed by atoms with van der Waals surface area (Å²) in [7, 11) is -4.74. The fourth-order valence-electron chi connectivity index (χ4n) is 3.19. The van der Waals surface area contributed by atoms with Crippen molar-refractivity contribution in [3.8, 4) is 0 Å². The predicted octanol–water partition coefficient (Wildman–Crippen LogP) is -2.09. The van der Waals surface area contributed by atoms with Crippen LogP contribution in [0.2, 0.25) is 0 Å². The molecule has 20 nitrogen and oxygen atoms in total. The van der Waals surface area contributed by atoms with Crippen LogP contribution in [-0.2, 0) is 28.6 Å². The van der Waals surface area contributed by atoms with Gasteiger partial charge < -0.3 is 46.9 Å².